The molecule has 0 amide bonds. The van der Waals surface area contributed by atoms with E-state index in [9.17, 15) is 0 Å². The molecule has 2 saturated heterocycles. The third-order valence-corrected chi connectivity index (χ3v) is 3.52. The number of nitrogens with zero attached hydrogens (tertiary/aromatic N) is 2. The molecule has 2 fully saturated rings. The number of amidine groups is 1. The largest absolute Gasteiger partial charge is 0.409 e. The Labute approximate surface area is 90.3 Å². The fourth-order valence-electron chi connectivity index (χ4n) is 2.69. The predicted molar refractivity (Wildman–Crippen MR) is 59.0 cm³/mol. The summed E-state index contributed by atoms with van der Waals surface area (Å²) < 4.78 is 0. The fraction of sp³-hybridized carbons (Fsp3) is 0.900. The Hall–Kier alpha value is -0.810. The van der Waals surface area contributed by atoms with Crippen molar-refractivity contribution in [1.29, 1.82) is 0 Å². The van der Waals surface area contributed by atoms with Gasteiger partial charge in [-0.15, -0.1) is 0 Å². The average molecular weight is 212 g/mol. The van der Waals surface area contributed by atoms with Gasteiger partial charge in [0.05, 0.1) is 6.54 Å². The van der Waals surface area contributed by atoms with Crippen molar-refractivity contribution < 1.29 is 5.21 Å². The van der Waals surface area contributed by atoms with Crippen LogP contribution in [0, 0.1) is 0 Å². The van der Waals surface area contributed by atoms with Gasteiger partial charge in [-0.25, -0.2) is 0 Å². The lowest BCUT2D eigenvalue weighted by Gasteiger charge is -2.35. The molecule has 5 nitrogen and oxygen atoms in total. The summed E-state index contributed by atoms with van der Waals surface area (Å²) in [6.45, 7) is 2.96. The molecule has 2 aliphatic heterocycles. The van der Waals surface area contributed by atoms with Crippen molar-refractivity contribution in [3.63, 3.8) is 0 Å². The molecule has 2 rings (SSSR count). The van der Waals surface area contributed by atoms with Crippen molar-refractivity contribution in [2.75, 3.05) is 19.6 Å². The van der Waals surface area contributed by atoms with E-state index >= 15 is 0 Å². The molecule has 5 heteroatoms. The minimum Gasteiger partial charge on any atom is -0.409 e. The van der Waals surface area contributed by atoms with E-state index in [1.807, 2.05) is 0 Å². The van der Waals surface area contributed by atoms with Crippen molar-refractivity contribution in [3.05, 3.63) is 0 Å². The van der Waals surface area contributed by atoms with Gasteiger partial charge < -0.3 is 21.2 Å². The minimum atomic E-state index is 0.267. The summed E-state index contributed by atoms with van der Waals surface area (Å²) in [4.78, 5) is 2.58. The second kappa shape index (κ2) is 4.81. The van der Waals surface area contributed by atoms with Gasteiger partial charge in [0, 0.05) is 12.1 Å². The molecule has 0 aromatic heterocycles. The van der Waals surface area contributed by atoms with Gasteiger partial charge in [0.15, 0.2) is 5.84 Å². The van der Waals surface area contributed by atoms with Gasteiger partial charge in [0.1, 0.15) is 0 Å². The predicted octanol–water partition coefficient (Wildman–Crippen LogP) is -0.0508. The highest BCUT2D eigenvalue weighted by molar-refractivity contribution is 5.81. The summed E-state index contributed by atoms with van der Waals surface area (Å²) in [6, 6.07) is 1.30. The minimum absolute atomic E-state index is 0.267. The van der Waals surface area contributed by atoms with Gasteiger partial charge in [-0.05, 0) is 38.8 Å². The molecule has 0 aliphatic carbocycles. The number of piperidine rings is 1. The summed E-state index contributed by atoms with van der Waals surface area (Å²) >= 11 is 0. The molecule has 2 unspecified atom stereocenters. The lowest BCUT2D eigenvalue weighted by Crippen LogP contribution is -2.47. The van der Waals surface area contributed by atoms with Gasteiger partial charge in [-0.1, -0.05) is 5.16 Å². The summed E-state index contributed by atoms with van der Waals surface area (Å²) in [5.41, 5.74) is 5.42. The molecule has 0 aromatic carbocycles. The monoisotopic (exact) mass is 212 g/mol. The first-order chi connectivity index (χ1) is 7.29. The van der Waals surface area contributed by atoms with Crippen molar-refractivity contribution >= 4 is 5.84 Å². The van der Waals surface area contributed by atoms with Crippen molar-refractivity contribution in [1.82, 2.24) is 10.2 Å². The average Bonchev–Trinajstić information content (AvgIpc) is 2.72. The molecular formula is C10H20N4O. The summed E-state index contributed by atoms with van der Waals surface area (Å²) in [7, 11) is 0. The third-order valence-electron chi connectivity index (χ3n) is 3.52. The maximum Gasteiger partial charge on any atom is 0.153 e. The zero-order chi connectivity index (χ0) is 10.7. The molecular weight excluding hydrogens is 192 g/mol. The fourth-order valence-corrected chi connectivity index (χ4v) is 2.69. The first-order valence-electron chi connectivity index (χ1n) is 5.73. The van der Waals surface area contributed by atoms with Gasteiger partial charge in [-0.3, -0.25) is 0 Å². The molecule has 4 N–H and O–H groups in total. The summed E-state index contributed by atoms with van der Waals surface area (Å²) in [5.74, 6) is 0.267. The van der Waals surface area contributed by atoms with Crippen LogP contribution in [0.2, 0.25) is 0 Å². The molecule has 0 aromatic rings. The Balaban J connectivity index is 1.75. The number of rotatable bonds is 3. The molecule has 2 atom stereocenters. The Morgan fingerprint density at radius 1 is 1.47 bits per heavy atom. The molecule has 0 spiro atoms. The Morgan fingerprint density at radius 3 is 3.13 bits per heavy atom. The SMILES string of the molecule is NC(CNC1CCN2CCCC2C1)=NO. The van der Waals surface area contributed by atoms with Crippen LogP contribution in [0.25, 0.3) is 0 Å². The number of oxime groups is 1. The number of nitrogens with two attached hydrogens (primary N) is 1. The molecule has 0 bridgehead atoms. The van der Waals surface area contributed by atoms with E-state index in [0.29, 0.717) is 12.6 Å². The van der Waals surface area contributed by atoms with Crippen LogP contribution in [0.15, 0.2) is 5.16 Å². The summed E-state index contributed by atoms with van der Waals surface area (Å²) in [5, 5.41) is 14.7. The number of hydrogen-bond donors (Lipinski definition) is 3. The van der Waals surface area contributed by atoms with Crippen LogP contribution in [-0.2, 0) is 0 Å². The van der Waals surface area contributed by atoms with Crippen LogP contribution in [-0.4, -0.2) is 47.7 Å². The van der Waals surface area contributed by atoms with Crippen LogP contribution in [0.3, 0.4) is 0 Å². The van der Waals surface area contributed by atoms with E-state index < -0.39 is 0 Å². The van der Waals surface area contributed by atoms with Crippen LogP contribution in [0.5, 0.6) is 0 Å². The second-order valence-corrected chi connectivity index (χ2v) is 4.53. The van der Waals surface area contributed by atoms with Gasteiger partial charge in [0.25, 0.3) is 0 Å². The van der Waals surface area contributed by atoms with Gasteiger partial charge in [0.2, 0.25) is 0 Å². The standard InChI is InChI=1S/C10H20N4O/c11-10(13-15)7-12-8-3-5-14-4-1-2-9(14)6-8/h8-9,12,15H,1-7H2,(H2,11,13). The number of hydrogen-bond acceptors (Lipinski definition) is 4. The Morgan fingerprint density at radius 2 is 2.33 bits per heavy atom. The van der Waals surface area contributed by atoms with E-state index in [0.717, 1.165) is 6.04 Å². The first-order valence-corrected chi connectivity index (χ1v) is 5.73. The molecule has 0 radical (unpaired) electrons. The van der Waals surface area contributed by atoms with Crippen LogP contribution >= 0.6 is 0 Å². The molecule has 0 saturated carbocycles. The quantitative estimate of drug-likeness (QED) is 0.265. The number of nitrogens with one attached hydrogen (secondary N) is 1. The summed E-state index contributed by atoms with van der Waals surface area (Å²) in [6.07, 6.45) is 5.06. The Kier molecular flexibility index (Phi) is 3.43. The van der Waals surface area contributed by atoms with Crippen LogP contribution in [0.1, 0.15) is 25.7 Å². The lowest BCUT2D eigenvalue weighted by atomic mass is 9.97. The van der Waals surface area contributed by atoms with Crippen molar-refractivity contribution in [2.24, 2.45) is 10.9 Å². The lowest BCUT2D eigenvalue weighted by molar-refractivity contribution is 0.169. The topological polar surface area (TPSA) is 73.9 Å². The molecule has 2 aliphatic rings. The van der Waals surface area contributed by atoms with Gasteiger partial charge in [-0.2, -0.15) is 0 Å². The van der Waals surface area contributed by atoms with E-state index in [1.165, 1.54) is 38.8 Å². The van der Waals surface area contributed by atoms with Crippen LogP contribution in [0.4, 0.5) is 0 Å². The molecule has 15 heavy (non-hydrogen) atoms. The van der Waals surface area contributed by atoms with Crippen molar-refractivity contribution in [2.45, 2.75) is 37.8 Å². The maximum absolute atomic E-state index is 8.43. The van der Waals surface area contributed by atoms with Gasteiger partial charge >= 0.3 is 0 Å². The zero-order valence-corrected chi connectivity index (χ0v) is 9.02. The van der Waals surface area contributed by atoms with E-state index in [4.69, 9.17) is 10.9 Å². The second-order valence-electron chi connectivity index (χ2n) is 4.53. The smallest absolute Gasteiger partial charge is 0.153 e. The molecule has 2 heterocycles. The van der Waals surface area contributed by atoms with Crippen molar-refractivity contribution in [3.8, 4) is 0 Å². The Bertz CT molecular complexity index is 244. The van der Waals surface area contributed by atoms with E-state index in [-0.39, 0.29) is 5.84 Å². The normalized spacial score (nSPS) is 32.9. The zero-order valence-electron chi connectivity index (χ0n) is 9.02. The molecule has 86 valence electrons. The number of fused-ring (bicyclic) bond motifs is 1. The van der Waals surface area contributed by atoms with E-state index in [1.54, 1.807) is 0 Å². The first kappa shape index (κ1) is 10.7. The highest BCUT2D eigenvalue weighted by Crippen LogP contribution is 2.26. The maximum atomic E-state index is 8.43. The third kappa shape index (κ3) is 2.60. The van der Waals surface area contributed by atoms with Crippen LogP contribution < -0.4 is 11.1 Å². The van der Waals surface area contributed by atoms with E-state index in [2.05, 4.69) is 15.4 Å². The highest BCUT2D eigenvalue weighted by atomic mass is 16.4. The highest BCUT2D eigenvalue weighted by Gasteiger charge is 2.31.